The summed E-state index contributed by atoms with van der Waals surface area (Å²) in [7, 11) is 0. The number of hydrogen-bond acceptors (Lipinski definition) is 5. The van der Waals surface area contributed by atoms with Gasteiger partial charge in [0.15, 0.2) is 0 Å². The predicted octanol–water partition coefficient (Wildman–Crippen LogP) is 6.61. The molecule has 2 heterocycles. The smallest absolute Gasteiger partial charge is 0.0564 e. The third-order valence-electron chi connectivity index (χ3n) is 6.43. The summed E-state index contributed by atoms with van der Waals surface area (Å²) in [6.45, 7) is 6.87. The molecular formula is C27H31N3S2. The Morgan fingerprint density at radius 2 is 1.47 bits per heavy atom. The average Bonchev–Trinajstić information content (AvgIpc) is 2.86. The maximum Gasteiger partial charge on any atom is 0.0564 e. The molecule has 0 N–H and O–H groups in total. The first-order chi connectivity index (χ1) is 15.8. The molecule has 0 amide bonds. The lowest BCUT2D eigenvalue weighted by Gasteiger charge is -2.36. The summed E-state index contributed by atoms with van der Waals surface area (Å²) in [5.74, 6) is 0. The van der Waals surface area contributed by atoms with Gasteiger partial charge in [0, 0.05) is 53.1 Å². The van der Waals surface area contributed by atoms with Crippen LogP contribution in [0.4, 0.5) is 17.1 Å². The van der Waals surface area contributed by atoms with Crippen molar-refractivity contribution in [1.29, 1.82) is 0 Å². The first-order valence-corrected chi connectivity index (χ1v) is 13.6. The minimum atomic E-state index is 1.08. The van der Waals surface area contributed by atoms with Gasteiger partial charge in [0.25, 0.3) is 0 Å². The Morgan fingerprint density at radius 3 is 2.28 bits per heavy atom. The van der Waals surface area contributed by atoms with Crippen LogP contribution < -0.4 is 9.80 Å². The molecule has 0 saturated carbocycles. The van der Waals surface area contributed by atoms with Crippen molar-refractivity contribution in [2.75, 3.05) is 55.3 Å². The Hall–Kier alpha value is -2.08. The van der Waals surface area contributed by atoms with Gasteiger partial charge in [0.2, 0.25) is 0 Å². The SMILES string of the molecule is CSc1ccc2c(c1)N(CCCCN1CCN(c3ccccc3)CC1)c1ccccc1S2. The van der Waals surface area contributed by atoms with Crippen LogP contribution in [0.25, 0.3) is 0 Å². The second-order valence-corrected chi connectivity index (χ2v) is 10.4. The molecule has 5 rings (SSSR count). The minimum absolute atomic E-state index is 1.08. The zero-order valence-corrected chi connectivity index (χ0v) is 20.4. The lowest BCUT2D eigenvalue weighted by molar-refractivity contribution is 0.253. The van der Waals surface area contributed by atoms with Gasteiger partial charge in [-0.1, -0.05) is 42.1 Å². The number of hydrogen-bond donors (Lipinski definition) is 0. The number of thioether (sulfide) groups is 1. The largest absolute Gasteiger partial charge is 0.369 e. The topological polar surface area (TPSA) is 9.72 Å². The second kappa shape index (κ2) is 10.2. The standard InChI is InChI=1S/C27H31N3S2/c1-31-23-13-14-27-25(21-23)30(24-11-5-6-12-26(24)32-27)16-8-7-15-28-17-19-29(20-18-28)22-9-3-2-4-10-22/h2-6,9-14,21H,7-8,15-20H2,1H3. The number of para-hydroxylation sites is 2. The van der Waals surface area contributed by atoms with E-state index in [9.17, 15) is 0 Å². The average molecular weight is 462 g/mol. The summed E-state index contributed by atoms with van der Waals surface area (Å²) in [6.07, 6.45) is 4.61. The fraction of sp³-hybridized carbons (Fsp3) is 0.333. The van der Waals surface area contributed by atoms with Crippen molar-refractivity contribution in [1.82, 2.24) is 4.90 Å². The second-order valence-electron chi connectivity index (χ2n) is 8.43. The first-order valence-electron chi connectivity index (χ1n) is 11.6. The van der Waals surface area contributed by atoms with E-state index in [1.165, 1.54) is 51.1 Å². The molecule has 1 saturated heterocycles. The van der Waals surface area contributed by atoms with Gasteiger partial charge in [0.1, 0.15) is 0 Å². The molecule has 3 nitrogen and oxygen atoms in total. The highest BCUT2D eigenvalue weighted by Crippen LogP contribution is 2.48. The summed E-state index contributed by atoms with van der Waals surface area (Å²) in [4.78, 5) is 11.8. The highest BCUT2D eigenvalue weighted by molar-refractivity contribution is 8.00. The van der Waals surface area contributed by atoms with E-state index in [-0.39, 0.29) is 0 Å². The number of unbranched alkanes of at least 4 members (excludes halogenated alkanes) is 1. The van der Waals surface area contributed by atoms with E-state index < -0.39 is 0 Å². The molecular weight excluding hydrogens is 430 g/mol. The van der Waals surface area contributed by atoms with E-state index in [1.807, 2.05) is 23.5 Å². The fourth-order valence-corrected chi connectivity index (χ4v) is 6.16. The van der Waals surface area contributed by atoms with Gasteiger partial charge in [-0.3, -0.25) is 4.90 Å². The molecule has 0 aliphatic carbocycles. The minimum Gasteiger partial charge on any atom is -0.369 e. The van der Waals surface area contributed by atoms with Gasteiger partial charge in [-0.15, -0.1) is 11.8 Å². The Balaban J connectivity index is 1.17. The first kappa shape index (κ1) is 21.7. The van der Waals surface area contributed by atoms with Crippen LogP contribution >= 0.6 is 23.5 Å². The molecule has 32 heavy (non-hydrogen) atoms. The molecule has 2 aliphatic rings. The number of nitrogens with zero attached hydrogens (tertiary/aromatic N) is 3. The number of piperazine rings is 1. The third kappa shape index (κ3) is 4.80. The molecule has 0 atom stereocenters. The molecule has 0 aromatic heterocycles. The van der Waals surface area contributed by atoms with E-state index >= 15 is 0 Å². The summed E-state index contributed by atoms with van der Waals surface area (Å²) in [5.41, 5.74) is 4.09. The maximum atomic E-state index is 2.64. The van der Waals surface area contributed by atoms with Crippen LogP contribution in [0.3, 0.4) is 0 Å². The number of fused-ring (bicyclic) bond motifs is 2. The van der Waals surface area contributed by atoms with Crippen LogP contribution in [0.5, 0.6) is 0 Å². The van der Waals surface area contributed by atoms with Crippen LogP contribution in [0.2, 0.25) is 0 Å². The number of anilines is 3. The highest BCUT2D eigenvalue weighted by Gasteiger charge is 2.23. The Kier molecular flexibility index (Phi) is 6.96. The predicted molar refractivity (Wildman–Crippen MR) is 140 cm³/mol. The Labute approximate surface area is 200 Å². The number of rotatable bonds is 7. The summed E-state index contributed by atoms with van der Waals surface area (Å²) in [5, 5.41) is 0. The van der Waals surface area contributed by atoms with Crippen molar-refractivity contribution in [2.24, 2.45) is 0 Å². The molecule has 3 aromatic carbocycles. The summed E-state index contributed by atoms with van der Waals surface area (Å²) >= 11 is 3.73. The fourth-order valence-electron chi connectivity index (χ4n) is 4.65. The molecule has 1 fully saturated rings. The molecule has 3 aromatic rings. The molecule has 0 unspecified atom stereocenters. The van der Waals surface area contributed by atoms with E-state index in [1.54, 1.807) is 0 Å². The normalized spacial score (nSPS) is 16.0. The van der Waals surface area contributed by atoms with Gasteiger partial charge >= 0.3 is 0 Å². The van der Waals surface area contributed by atoms with Crippen molar-refractivity contribution in [3.63, 3.8) is 0 Å². The molecule has 0 bridgehead atoms. The van der Waals surface area contributed by atoms with E-state index in [0.717, 1.165) is 32.7 Å². The van der Waals surface area contributed by atoms with Crippen molar-refractivity contribution in [3.05, 3.63) is 72.8 Å². The van der Waals surface area contributed by atoms with E-state index in [4.69, 9.17) is 0 Å². The number of benzene rings is 3. The van der Waals surface area contributed by atoms with Gasteiger partial charge < -0.3 is 9.80 Å². The van der Waals surface area contributed by atoms with Crippen molar-refractivity contribution in [3.8, 4) is 0 Å². The Bertz CT molecular complexity index is 1030. The summed E-state index contributed by atoms with van der Waals surface area (Å²) < 4.78 is 0. The zero-order chi connectivity index (χ0) is 21.8. The molecule has 5 heteroatoms. The zero-order valence-electron chi connectivity index (χ0n) is 18.7. The van der Waals surface area contributed by atoms with Crippen molar-refractivity contribution >= 4 is 40.6 Å². The van der Waals surface area contributed by atoms with Gasteiger partial charge in [0.05, 0.1) is 11.4 Å². The van der Waals surface area contributed by atoms with Gasteiger partial charge in [-0.05, 0) is 68.1 Å². The van der Waals surface area contributed by atoms with Crippen LogP contribution in [-0.4, -0.2) is 50.4 Å². The molecule has 0 radical (unpaired) electrons. The van der Waals surface area contributed by atoms with Crippen molar-refractivity contribution in [2.45, 2.75) is 27.5 Å². The quantitative estimate of drug-likeness (QED) is 0.288. The molecule has 166 valence electrons. The van der Waals surface area contributed by atoms with Gasteiger partial charge in [-0.2, -0.15) is 0 Å². The van der Waals surface area contributed by atoms with Crippen LogP contribution in [0, 0.1) is 0 Å². The van der Waals surface area contributed by atoms with E-state index in [0.29, 0.717) is 0 Å². The lowest BCUT2D eigenvalue weighted by Crippen LogP contribution is -2.46. The lowest BCUT2D eigenvalue weighted by atomic mass is 10.2. The maximum absolute atomic E-state index is 2.64. The molecule has 0 spiro atoms. The van der Waals surface area contributed by atoms with Crippen LogP contribution in [0.1, 0.15) is 12.8 Å². The Morgan fingerprint density at radius 1 is 0.750 bits per heavy atom. The van der Waals surface area contributed by atoms with E-state index in [2.05, 4.69) is 93.8 Å². The monoisotopic (exact) mass is 461 g/mol. The van der Waals surface area contributed by atoms with Gasteiger partial charge in [-0.25, -0.2) is 0 Å². The van der Waals surface area contributed by atoms with Crippen molar-refractivity contribution < 1.29 is 0 Å². The highest BCUT2D eigenvalue weighted by atomic mass is 32.2. The van der Waals surface area contributed by atoms with Crippen LogP contribution in [0.15, 0.2) is 87.5 Å². The molecule has 2 aliphatic heterocycles. The third-order valence-corrected chi connectivity index (χ3v) is 8.29. The summed E-state index contributed by atoms with van der Waals surface area (Å²) in [6, 6.07) is 26.6. The van der Waals surface area contributed by atoms with Crippen LogP contribution in [-0.2, 0) is 0 Å².